The predicted molar refractivity (Wildman–Crippen MR) is 71.5 cm³/mol. The van der Waals surface area contributed by atoms with Crippen molar-refractivity contribution in [3.05, 3.63) is 53.8 Å². The fourth-order valence-corrected chi connectivity index (χ4v) is 2.16. The van der Waals surface area contributed by atoms with Crippen molar-refractivity contribution in [1.29, 1.82) is 0 Å². The van der Waals surface area contributed by atoms with E-state index in [2.05, 4.69) is 4.98 Å². The van der Waals surface area contributed by atoms with Gasteiger partial charge in [0.2, 0.25) is 0 Å². The molecule has 3 aromatic rings. The largest absolute Gasteiger partial charge is 0.327 e. The molecule has 0 aliphatic rings. The van der Waals surface area contributed by atoms with Gasteiger partial charge < -0.3 is 4.57 Å². The summed E-state index contributed by atoms with van der Waals surface area (Å²) in [6.07, 6.45) is 0.787. The Balaban J connectivity index is 2.29. The summed E-state index contributed by atoms with van der Waals surface area (Å²) < 4.78 is 15.6. The number of carbonyl (C=O) groups excluding carboxylic acids is 1. The zero-order valence-electron chi connectivity index (χ0n) is 10.3. The molecule has 0 amide bonds. The molecule has 1 heterocycles. The van der Waals surface area contributed by atoms with Crippen LogP contribution in [-0.2, 0) is 7.05 Å². The Morgan fingerprint density at radius 3 is 2.74 bits per heavy atom. The van der Waals surface area contributed by atoms with E-state index in [0.717, 1.165) is 17.3 Å². The standard InChI is InChI=1S/C15H11FN2O/c1-18-14-8-10(9-19)6-7-13(14)17-15(18)11-4-2-3-5-12(11)16/h2-9H,1H3. The van der Waals surface area contributed by atoms with Gasteiger partial charge in [0, 0.05) is 12.6 Å². The first kappa shape index (κ1) is 11.6. The van der Waals surface area contributed by atoms with Crippen LogP contribution in [0.4, 0.5) is 4.39 Å². The molecule has 0 aliphatic carbocycles. The summed E-state index contributed by atoms with van der Waals surface area (Å²) in [5.74, 6) is 0.243. The number of benzene rings is 2. The van der Waals surface area contributed by atoms with Gasteiger partial charge in [-0.3, -0.25) is 4.79 Å². The van der Waals surface area contributed by atoms with Crippen molar-refractivity contribution >= 4 is 17.3 Å². The predicted octanol–water partition coefficient (Wildman–Crippen LogP) is 3.19. The Morgan fingerprint density at radius 2 is 2.00 bits per heavy atom. The summed E-state index contributed by atoms with van der Waals surface area (Å²) in [7, 11) is 1.81. The molecule has 0 spiro atoms. The number of fused-ring (bicyclic) bond motifs is 1. The van der Waals surface area contributed by atoms with Gasteiger partial charge in [0.1, 0.15) is 17.9 Å². The molecule has 2 aromatic carbocycles. The van der Waals surface area contributed by atoms with Crippen molar-refractivity contribution in [3.63, 3.8) is 0 Å². The summed E-state index contributed by atoms with van der Waals surface area (Å²) in [4.78, 5) is 15.2. The molecule has 0 atom stereocenters. The molecular weight excluding hydrogens is 243 g/mol. The number of halogens is 1. The van der Waals surface area contributed by atoms with Gasteiger partial charge in [0.05, 0.1) is 16.6 Å². The Hall–Kier alpha value is -2.49. The minimum atomic E-state index is -0.309. The second kappa shape index (κ2) is 4.31. The normalized spacial score (nSPS) is 10.8. The van der Waals surface area contributed by atoms with Gasteiger partial charge >= 0.3 is 0 Å². The third-order valence-electron chi connectivity index (χ3n) is 3.16. The molecule has 3 nitrogen and oxygen atoms in total. The van der Waals surface area contributed by atoms with Crippen LogP contribution in [0.3, 0.4) is 0 Å². The van der Waals surface area contributed by atoms with E-state index >= 15 is 0 Å². The second-order valence-electron chi connectivity index (χ2n) is 4.34. The zero-order valence-corrected chi connectivity index (χ0v) is 10.3. The van der Waals surface area contributed by atoms with Crippen LogP contribution in [0.2, 0.25) is 0 Å². The van der Waals surface area contributed by atoms with Crippen molar-refractivity contribution in [3.8, 4) is 11.4 Å². The third-order valence-corrected chi connectivity index (χ3v) is 3.16. The van der Waals surface area contributed by atoms with Crippen molar-refractivity contribution < 1.29 is 9.18 Å². The number of aryl methyl sites for hydroxylation is 1. The molecule has 0 fully saturated rings. The maximum atomic E-state index is 13.8. The van der Waals surface area contributed by atoms with Crippen LogP contribution >= 0.6 is 0 Å². The molecular formula is C15H11FN2O. The number of nitrogens with zero attached hydrogens (tertiary/aromatic N) is 2. The molecule has 3 rings (SSSR count). The Labute approximate surface area is 109 Å². The Bertz CT molecular complexity index is 777. The van der Waals surface area contributed by atoms with Crippen LogP contribution in [0, 0.1) is 5.82 Å². The number of aromatic nitrogens is 2. The lowest BCUT2D eigenvalue weighted by Crippen LogP contribution is -1.94. The van der Waals surface area contributed by atoms with E-state index in [1.54, 1.807) is 41.0 Å². The van der Waals surface area contributed by atoms with E-state index in [1.165, 1.54) is 6.07 Å². The highest BCUT2D eigenvalue weighted by atomic mass is 19.1. The summed E-state index contributed by atoms with van der Waals surface area (Å²) >= 11 is 0. The highest BCUT2D eigenvalue weighted by molar-refractivity contribution is 5.87. The van der Waals surface area contributed by atoms with Crippen molar-refractivity contribution in [2.24, 2.45) is 7.05 Å². The number of hydrogen-bond donors (Lipinski definition) is 0. The maximum absolute atomic E-state index is 13.8. The van der Waals surface area contributed by atoms with Crippen LogP contribution in [-0.4, -0.2) is 15.8 Å². The van der Waals surface area contributed by atoms with Gasteiger partial charge in [-0.2, -0.15) is 0 Å². The lowest BCUT2D eigenvalue weighted by molar-refractivity contribution is 0.112. The number of aldehydes is 1. The summed E-state index contributed by atoms with van der Waals surface area (Å²) in [5, 5.41) is 0. The fourth-order valence-electron chi connectivity index (χ4n) is 2.16. The van der Waals surface area contributed by atoms with E-state index < -0.39 is 0 Å². The third kappa shape index (κ3) is 1.81. The SMILES string of the molecule is Cn1c(-c2ccccc2F)nc2ccc(C=O)cc21. The van der Waals surface area contributed by atoms with Crippen LogP contribution in [0.15, 0.2) is 42.5 Å². The lowest BCUT2D eigenvalue weighted by Gasteiger charge is -2.03. The highest BCUT2D eigenvalue weighted by Gasteiger charge is 2.13. The maximum Gasteiger partial charge on any atom is 0.150 e. The molecule has 0 saturated heterocycles. The minimum Gasteiger partial charge on any atom is -0.327 e. The lowest BCUT2D eigenvalue weighted by atomic mass is 10.2. The molecule has 0 aliphatic heterocycles. The van der Waals surface area contributed by atoms with E-state index in [9.17, 15) is 9.18 Å². The minimum absolute atomic E-state index is 0.309. The Morgan fingerprint density at radius 1 is 1.21 bits per heavy atom. The van der Waals surface area contributed by atoms with Gasteiger partial charge in [-0.25, -0.2) is 9.37 Å². The topological polar surface area (TPSA) is 34.9 Å². The van der Waals surface area contributed by atoms with E-state index in [1.807, 2.05) is 7.05 Å². The second-order valence-corrected chi connectivity index (χ2v) is 4.34. The molecule has 4 heteroatoms. The van der Waals surface area contributed by atoms with Crippen molar-refractivity contribution in [2.75, 3.05) is 0 Å². The molecule has 0 saturated carbocycles. The average Bonchev–Trinajstić information content (AvgIpc) is 2.76. The van der Waals surface area contributed by atoms with E-state index in [0.29, 0.717) is 17.0 Å². The van der Waals surface area contributed by atoms with Crippen LogP contribution < -0.4 is 0 Å². The summed E-state index contributed by atoms with van der Waals surface area (Å²) in [6.45, 7) is 0. The van der Waals surface area contributed by atoms with Crippen molar-refractivity contribution in [1.82, 2.24) is 9.55 Å². The summed E-state index contributed by atoms with van der Waals surface area (Å²) in [5.41, 5.74) is 2.58. The van der Waals surface area contributed by atoms with Crippen LogP contribution in [0.1, 0.15) is 10.4 Å². The molecule has 1 aromatic heterocycles. The molecule has 19 heavy (non-hydrogen) atoms. The average molecular weight is 254 g/mol. The molecule has 0 unspecified atom stereocenters. The first-order valence-electron chi connectivity index (χ1n) is 5.87. The van der Waals surface area contributed by atoms with Crippen molar-refractivity contribution in [2.45, 2.75) is 0 Å². The zero-order chi connectivity index (χ0) is 13.4. The highest BCUT2D eigenvalue weighted by Crippen LogP contribution is 2.25. The van der Waals surface area contributed by atoms with Crippen LogP contribution in [0.5, 0.6) is 0 Å². The van der Waals surface area contributed by atoms with Gasteiger partial charge in [0.25, 0.3) is 0 Å². The number of imidazole rings is 1. The van der Waals surface area contributed by atoms with Gasteiger partial charge in [-0.05, 0) is 30.3 Å². The first-order chi connectivity index (χ1) is 9.20. The first-order valence-corrected chi connectivity index (χ1v) is 5.87. The van der Waals surface area contributed by atoms with E-state index in [-0.39, 0.29) is 5.82 Å². The fraction of sp³-hybridized carbons (Fsp3) is 0.0667. The molecule has 0 bridgehead atoms. The molecule has 94 valence electrons. The monoisotopic (exact) mass is 254 g/mol. The van der Waals surface area contributed by atoms with Gasteiger partial charge in [-0.15, -0.1) is 0 Å². The molecule has 0 radical (unpaired) electrons. The smallest absolute Gasteiger partial charge is 0.150 e. The van der Waals surface area contributed by atoms with Gasteiger partial charge in [-0.1, -0.05) is 12.1 Å². The Kier molecular flexibility index (Phi) is 2.63. The quantitative estimate of drug-likeness (QED) is 0.658. The van der Waals surface area contributed by atoms with Crippen LogP contribution in [0.25, 0.3) is 22.4 Å². The number of carbonyl (C=O) groups is 1. The number of rotatable bonds is 2. The molecule has 0 N–H and O–H groups in total. The summed E-state index contributed by atoms with van der Waals surface area (Å²) in [6, 6.07) is 11.7. The van der Waals surface area contributed by atoms with Gasteiger partial charge in [0.15, 0.2) is 0 Å². The number of hydrogen-bond acceptors (Lipinski definition) is 2. The van der Waals surface area contributed by atoms with E-state index in [4.69, 9.17) is 0 Å².